The molecule has 1 saturated carbocycles. The van der Waals surface area contributed by atoms with E-state index in [0.29, 0.717) is 24.6 Å². The van der Waals surface area contributed by atoms with Crippen LogP contribution in [0.4, 0.5) is 0 Å². The Morgan fingerprint density at radius 1 is 1.52 bits per heavy atom. The Balaban J connectivity index is 2.13. The van der Waals surface area contributed by atoms with Crippen molar-refractivity contribution < 1.29 is 14.6 Å². The average Bonchev–Trinajstić information content (AvgIpc) is 3.24. The summed E-state index contributed by atoms with van der Waals surface area (Å²) in [5.41, 5.74) is 1.76. The molecule has 3 rings (SSSR count). The van der Waals surface area contributed by atoms with Crippen molar-refractivity contribution in [1.82, 2.24) is 9.55 Å². The van der Waals surface area contributed by atoms with Crippen LogP contribution in [0, 0.1) is 0 Å². The van der Waals surface area contributed by atoms with Crippen LogP contribution >= 0.6 is 0 Å². The van der Waals surface area contributed by atoms with Gasteiger partial charge in [-0.3, -0.25) is 0 Å². The van der Waals surface area contributed by atoms with Crippen LogP contribution in [0.15, 0.2) is 18.2 Å². The van der Waals surface area contributed by atoms with Crippen molar-refractivity contribution in [2.75, 3.05) is 13.2 Å². The van der Waals surface area contributed by atoms with Gasteiger partial charge in [-0.05, 0) is 38.8 Å². The van der Waals surface area contributed by atoms with Crippen molar-refractivity contribution in [3.05, 3.63) is 29.6 Å². The molecule has 1 aliphatic rings. The maximum atomic E-state index is 11.4. The number of hydrogen-bond donors (Lipinski definition) is 1. The Kier molecular flexibility index (Phi) is 3.68. The number of imidazole rings is 1. The van der Waals surface area contributed by atoms with Gasteiger partial charge >= 0.3 is 5.97 Å². The molecular weight excluding hydrogens is 268 g/mol. The van der Waals surface area contributed by atoms with E-state index < -0.39 is 5.97 Å². The quantitative estimate of drug-likeness (QED) is 0.886. The molecule has 1 unspecified atom stereocenters. The smallest absolute Gasteiger partial charge is 0.337 e. The third kappa shape index (κ3) is 2.53. The van der Waals surface area contributed by atoms with Gasteiger partial charge in [-0.2, -0.15) is 0 Å². The van der Waals surface area contributed by atoms with Crippen LogP contribution in [0.5, 0.6) is 0 Å². The molecule has 1 atom stereocenters. The topological polar surface area (TPSA) is 64.4 Å². The molecule has 1 heterocycles. The number of aromatic nitrogens is 2. The van der Waals surface area contributed by atoms with Gasteiger partial charge in [-0.1, -0.05) is 6.07 Å². The van der Waals surface area contributed by atoms with Crippen LogP contribution in [0.1, 0.15) is 54.8 Å². The lowest BCUT2D eigenvalue weighted by atomic mass is 10.2. The molecule has 1 aromatic carbocycles. The molecule has 0 spiro atoms. The minimum atomic E-state index is -0.926. The molecular formula is C16H20N2O3. The summed E-state index contributed by atoms with van der Waals surface area (Å²) in [6, 6.07) is 5.50. The second kappa shape index (κ2) is 5.48. The van der Waals surface area contributed by atoms with Crippen molar-refractivity contribution in [2.24, 2.45) is 0 Å². The zero-order valence-corrected chi connectivity index (χ0v) is 12.4. The maximum Gasteiger partial charge on any atom is 0.337 e. The van der Waals surface area contributed by atoms with Crippen LogP contribution in [0.3, 0.4) is 0 Å². The van der Waals surface area contributed by atoms with Gasteiger partial charge in [0.2, 0.25) is 0 Å². The molecule has 5 heteroatoms. The van der Waals surface area contributed by atoms with E-state index in [-0.39, 0.29) is 11.6 Å². The van der Waals surface area contributed by atoms with Crippen LogP contribution in [-0.2, 0) is 4.74 Å². The minimum absolute atomic E-state index is 0.148. The summed E-state index contributed by atoms with van der Waals surface area (Å²) < 4.78 is 7.70. The predicted octanol–water partition coefficient (Wildman–Crippen LogP) is 3.21. The first kappa shape index (κ1) is 14.1. The Hall–Kier alpha value is -1.88. The minimum Gasteiger partial charge on any atom is -0.478 e. The van der Waals surface area contributed by atoms with Crippen LogP contribution in [-0.4, -0.2) is 33.8 Å². The fraction of sp³-hybridized carbons (Fsp3) is 0.500. The second-order valence-electron chi connectivity index (χ2n) is 5.60. The number of benzene rings is 1. The largest absolute Gasteiger partial charge is 0.478 e. The second-order valence-corrected chi connectivity index (χ2v) is 5.60. The monoisotopic (exact) mass is 288 g/mol. The number of hydrogen-bond acceptors (Lipinski definition) is 3. The van der Waals surface area contributed by atoms with Gasteiger partial charge in [0, 0.05) is 12.5 Å². The summed E-state index contributed by atoms with van der Waals surface area (Å²) >= 11 is 0. The molecule has 0 amide bonds. The van der Waals surface area contributed by atoms with Crippen molar-refractivity contribution in [3.63, 3.8) is 0 Å². The van der Waals surface area contributed by atoms with E-state index in [1.54, 1.807) is 12.1 Å². The molecule has 112 valence electrons. The van der Waals surface area contributed by atoms with Crippen molar-refractivity contribution in [3.8, 4) is 0 Å². The number of carboxylic acid groups (broad SMARTS) is 1. The molecule has 5 nitrogen and oxygen atoms in total. The fourth-order valence-corrected chi connectivity index (χ4v) is 2.76. The van der Waals surface area contributed by atoms with E-state index in [1.807, 2.05) is 13.0 Å². The zero-order chi connectivity index (χ0) is 15.0. The van der Waals surface area contributed by atoms with Gasteiger partial charge in [0.1, 0.15) is 11.3 Å². The lowest BCUT2D eigenvalue weighted by molar-refractivity contribution is 0.0699. The van der Waals surface area contributed by atoms with Crippen molar-refractivity contribution in [1.29, 1.82) is 0 Å². The van der Waals surface area contributed by atoms with Gasteiger partial charge in [0.05, 0.1) is 23.7 Å². The summed E-state index contributed by atoms with van der Waals surface area (Å²) in [6.45, 7) is 5.36. The van der Waals surface area contributed by atoms with E-state index in [0.717, 1.165) is 24.2 Å². The molecule has 1 aromatic heterocycles. The van der Waals surface area contributed by atoms with E-state index in [9.17, 15) is 9.90 Å². The molecule has 0 radical (unpaired) electrons. The van der Waals surface area contributed by atoms with Crippen molar-refractivity contribution >= 4 is 17.0 Å². The van der Waals surface area contributed by atoms with Crippen LogP contribution in [0.2, 0.25) is 0 Å². The SMILES string of the molecule is CCOCC(C)n1c(C2CC2)nc2c(C(=O)O)cccc21. The molecule has 1 aliphatic carbocycles. The highest BCUT2D eigenvalue weighted by molar-refractivity contribution is 6.01. The van der Waals surface area contributed by atoms with Crippen LogP contribution < -0.4 is 0 Å². The number of nitrogens with zero attached hydrogens (tertiary/aromatic N) is 2. The Morgan fingerprint density at radius 3 is 2.90 bits per heavy atom. The van der Waals surface area contributed by atoms with E-state index in [4.69, 9.17) is 4.74 Å². The first-order valence-electron chi connectivity index (χ1n) is 7.45. The number of aromatic carboxylic acids is 1. The molecule has 21 heavy (non-hydrogen) atoms. The third-order valence-electron chi connectivity index (χ3n) is 3.92. The van der Waals surface area contributed by atoms with E-state index >= 15 is 0 Å². The van der Waals surface area contributed by atoms with Gasteiger partial charge < -0.3 is 14.4 Å². The lowest BCUT2D eigenvalue weighted by Gasteiger charge is -2.17. The van der Waals surface area contributed by atoms with Crippen molar-refractivity contribution in [2.45, 2.75) is 38.6 Å². The molecule has 0 aliphatic heterocycles. The number of rotatable bonds is 6. The normalized spacial score (nSPS) is 16.3. The summed E-state index contributed by atoms with van der Waals surface area (Å²) in [4.78, 5) is 16.0. The number of fused-ring (bicyclic) bond motifs is 1. The van der Waals surface area contributed by atoms with E-state index in [1.165, 1.54) is 0 Å². The molecule has 2 aromatic rings. The van der Waals surface area contributed by atoms with Gasteiger partial charge in [-0.25, -0.2) is 9.78 Å². The number of carboxylic acids is 1. The highest BCUT2D eigenvalue weighted by Crippen LogP contribution is 2.42. The fourth-order valence-electron chi connectivity index (χ4n) is 2.76. The van der Waals surface area contributed by atoms with Gasteiger partial charge in [0.25, 0.3) is 0 Å². The summed E-state index contributed by atoms with van der Waals surface area (Å²) in [6.07, 6.45) is 2.26. The molecule has 1 fully saturated rings. The standard InChI is InChI=1S/C16H20N2O3/c1-3-21-9-10(2)18-13-6-4-5-12(16(19)20)14(13)17-15(18)11-7-8-11/h4-6,10-11H,3,7-9H2,1-2H3,(H,19,20). The average molecular weight is 288 g/mol. The highest BCUT2D eigenvalue weighted by Gasteiger charge is 2.31. The number of ether oxygens (including phenoxy) is 1. The Labute approximate surface area is 123 Å². The van der Waals surface area contributed by atoms with Gasteiger partial charge in [-0.15, -0.1) is 0 Å². The number of carbonyl (C=O) groups is 1. The van der Waals surface area contributed by atoms with Gasteiger partial charge in [0.15, 0.2) is 0 Å². The summed E-state index contributed by atoms with van der Waals surface area (Å²) in [7, 11) is 0. The Bertz CT molecular complexity index is 673. The zero-order valence-electron chi connectivity index (χ0n) is 12.4. The summed E-state index contributed by atoms with van der Waals surface area (Å²) in [5.74, 6) is 0.541. The predicted molar refractivity (Wildman–Crippen MR) is 79.9 cm³/mol. The number of para-hydroxylation sites is 1. The first-order valence-corrected chi connectivity index (χ1v) is 7.45. The highest BCUT2D eigenvalue weighted by atomic mass is 16.5. The summed E-state index contributed by atoms with van der Waals surface area (Å²) in [5, 5.41) is 9.34. The van der Waals surface area contributed by atoms with Crippen LogP contribution in [0.25, 0.3) is 11.0 Å². The first-order chi connectivity index (χ1) is 10.1. The Morgan fingerprint density at radius 2 is 2.29 bits per heavy atom. The molecule has 0 saturated heterocycles. The molecule has 1 N–H and O–H groups in total. The maximum absolute atomic E-state index is 11.4. The molecule has 0 bridgehead atoms. The third-order valence-corrected chi connectivity index (χ3v) is 3.92. The van der Waals surface area contributed by atoms with E-state index in [2.05, 4.69) is 16.5 Å². The lowest BCUT2D eigenvalue weighted by Crippen LogP contribution is -2.14.